The molecule has 0 atom stereocenters. The van der Waals surface area contributed by atoms with Crippen molar-refractivity contribution in [3.05, 3.63) is 65.2 Å². The van der Waals surface area contributed by atoms with E-state index in [1.54, 1.807) is 0 Å². The van der Waals surface area contributed by atoms with Crippen molar-refractivity contribution in [3.63, 3.8) is 0 Å². The zero-order chi connectivity index (χ0) is 18.4. The van der Waals surface area contributed by atoms with Gasteiger partial charge >= 0.3 is 18.0 Å². The van der Waals surface area contributed by atoms with Gasteiger partial charge in [-0.2, -0.15) is 0 Å². The van der Waals surface area contributed by atoms with Crippen LogP contribution in [0.25, 0.3) is 0 Å². The first-order chi connectivity index (χ1) is 11.8. The second kappa shape index (κ2) is 7.73. The van der Waals surface area contributed by atoms with E-state index in [0.717, 1.165) is 0 Å². The number of hydrogen-bond acceptors (Lipinski definition) is 4. The smallest absolute Gasteiger partial charge is 0.335 e. The number of carboxylic acid groups (broad SMARTS) is 2. The molecule has 8 nitrogen and oxygen atoms in total. The number of nitrogens with one attached hydrogen (secondary N) is 2. The summed E-state index contributed by atoms with van der Waals surface area (Å²) in [6.45, 7) is 0. The number of rotatable bonds is 5. The summed E-state index contributed by atoms with van der Waals surface area (Å²) in [5, 5.41) is 22.1. The summed E-state index contributed by atoms with van der Waals surface area (Å²) in [7, 11) is 0. The highest BCUT2D eigenvalue weighted by Crippen LogP contribution is 2.09. The van der Waals surface area contributed by atoms with Gasteiger partial charge in [0.05, 0.1) is 17.5 Å². The first-order valence-corrected chi connectivity index (χ1v) is 7.11. The van der Waals surface area contributed by atoms with Crippen molar-refractivity contribution >= 4 is 29.6 Å². The molecule has 0 saturated carbocycles. The molecule has 0 heterocycles. The van der Waals surface area contributed by atoms with Crippen molar-refractivity contribution in [2.24, 2.45) is 0 Å². The molecule has 0 unspecified atom stereocenters. The lowest BCUT2D eigenvalue weighted by atomic mass is 10.1. The molecule has 0 radical (unpaired) electrons. The Morgan fingerprint density at radius 1 is 0.760 bits per heavy atom. The minimum absolute atomic E-state index is 0.0758. The van der Waals surface area contributed by atoms with E-state index in [4.69, 9.17) is 10.2 Å². The van der Waals surface area contributed by atoms with Crippen molar-refractivity contribution < 1.29 is 29.4 Å². The third kappa shape index (κ3) is 5.17. The number of amides is 3. The highest BCUT2D eigenvalue weighted by Gasteiger charge is 2.10. The lowest BCUT2D eigenvalue weighted by Crippen LogP contribution is -2.35. The molecule has 128 valence electrons. The van der Waals surface area contributed by atoms with Crippen molar-refractivity contribution in [3.8, 4) is 0 Å². The van der Waals surface area contributed by atoms with E-state index >= 15 is 0 Å². The molecular weight excluding hydrogens is 328 g/mol. The molecular formula is C17H14N2O6. The topological polar surface area (TPSA) is 133 Å². The predicted octanol–water partition coefficient (Wildman–Crippen LogP) is 1.97. The molecule has 4 N–H and O–H groups in total. The number of benzene rings is 2. The zero-order valence-corrected chi connectivity index (χ0v) is 12.9. The van der Waals surface area contributed by atoms with Crippen molar-refractivity contribution in [2.45, 2.75) is 6.42 Å². The molecule has 0 saturated heterocycles. The summed E-state index contributed by atoms with van der Waals surface area (Å²) in [5.41, 5.74) is 1.07. The first-order valence-electron chi connectivity index (χ1n) is 7.11. The van der Waals surface area contributed by atoms with Gasteiger partial charge in [-0.1, -0.05) is 12.1 Å². The highest BCUT2D eigenvalue weighted by atomic mass is 16.4. The quantitative estimate of drug-likeness (QED) is 0.656. The third-order valence-electron chi connectivity index (χ3n) is 3.21. The van der Waals surface area contributed by atoms with Crippen LogP contribution in [0.1, 0.15) is 26.3 Å². The van der Waals surface area contributed by atoms with Gasteiger partial charge in [0.1, 0.15) is 0 Å². The van der Waals surface area contributed by atoms with Crippen molar-refractivity contribution in [1.82, 2.24) is 5.32 Å². The molecule has 8 heteroatoms. The van der Waals surface area contributed by atoms with Crippen LogP contribution in [-0.2, 0) is 11.2 Å². The van der Waals surface area contributed by atoms with Gasteiger partial charge < -0.3 is 15.5 Å². The fourth-order valence-corrected chi connectivity index (χ4v) is 1.98. The van der Waals surface area contributed by atoms with Crippen LogP contribution in [0.3, 0.4) is 0 Å². The molecule has 2 aromatic carbocycles. The van der Waals surface area contributed by atoms with Crippen LogP contribution in [0, 0.1) is 0 Å². The van der Waals surface area contributed by atoms with Crippen LogP contribution in [0.15, 0.2) is 48.5 Å². The summed E-state index contributed by atoms with van der Waals surface area (Å²) in [5.74, 6) is -2.72. The van der Waals surface area contributed by atoms with Crippen molar-refractivity contribution in [1.29, 1.82) is 0 Å². The van der Waals surface area contributed by atoms with E-state index < -0.39 is 23.9 Å². The minimum Gasteiger partial charge on any atom is -0.478 e. The number of urea groups is 1. The van der Waals surface area contributed by atoms with Crippen LogP contribution in [-0.4, -0.2) is 34.1 Å². The van der Waals surface area contributed by atoms with Crippen LogP contribution in [0.2, 0.25) is 0 Å². The molecule has 0 aromatic heterocycles. The van der Waals surface area contributed by atoms with E-state index in [9.17, 15) is 19.2 Å². The molecule has 2 rings (SSSR count). The van der Waals surface area contributed by atoms with E-state index in [1.807, 2.05) is 0 Å². The van der Waals surface area contributed by atoms with Gasteiger partial charge in [0, 0.05) is 5.69 Å². The summed E-state index contributed by atoms with van der Waals surface area (Å²) >= 11 is 0. The molecule has 25 heavy (non-hydrogen) atoms. The van der Waals surface area contributed by atoms with E-state index in [-0.39, 0.29) is 17.5 Å². The number of imide groups is 1. The number of carboxylic acids is 2. The number of carbonyl (C=O) groups is 4. The standard InChI is InChI=1S/C17H14N2O6/c20-14(9-10-1-3-11(4-2-10)15(21)22)19-17(25)18-13-7-5-12(6-8-13)16(23)24/h1-8H,9H2,(H,21,22)(H,23,24)(H2,18,19,20,25). The average Bonchev–Trinajstić information content (AvgIpc) is 2.55. The van der Waals surface area contributed by atoms with Crippen LogP contribution >= 0.6 is 0 Å². The Bertz CT molecular complexity index is 743. The molecule has 0 fully saturated rings. The van der Waals surface area contributed by atoms with Crippen LogP contribution in [0.5, 0.6) is 0 Å². The SMILES string of the molecule is O=C(Cc1ccc(C(=O)O)cc1)NC(=O)Nc1ccc(C(=O)O)cc1. The maximum absolute atomic E-state index is 11.8. The Morgan fingerprint density at radius 2 is 1.24 bits per heavy atom. The monoisotopic (exact) mass is 342 g/mol. The molecule has 0 spiro atoms. The second-order valence-corrected chi connectivity index (χ2v) is 5.06. The van der Waals surface area contributed by atoms with E-state index in [2.05, 4.69) is 10.6 Å². The average molecular weight is 342 g/mol. The molecule has 0 aliphatic carbocycles. The molecule has 0 bridgehead atoms. The molecule has 0 aliphatic heterocycles. The second-order valence-electron chi connectivity index (χ2n) is 5.06. The summed E-state index contributed by atoms with van der Waals surface area (Å²) in [6.07, 6.45) is -0.0920. The molecule has 0 aliphatic rings. The van der Waals surface area contributed by atoms with Crippen molar-refractivity contribution in [2.75, 3.05) is 5.32 Å². The number of anilines is 1. The Kier molecular flexibility index (Phi) is 5.47. The lowest BCUT2D eigenvalue weighted by molar-refractivity contribution is -0.119. The Morgan fingerprint density at radius 3 is 1.72 bits per heavy atom. The maximum Gasteiger partial charge on any atom is 0.335 e. The minimum atomic E-state index is -1.08. The maximum atomic E-state index is 11.8. The van der Waals surface area contributed by atoms with E-state index in [1.165, 1.54) is 48.5 Å². The largest absolute Gasteiger partial charge is 0.478 e. The number of carbonyl (C=O) groups excluding carboxylic acids is 2. The summed E-state index contributed by atoms with van der Waals surface area (Å²) in [4.78, 5) is 45.0. The van der Waals surface area contributed by atoms with Gasteiger partial charge in [-0.15, -0.1) is 0 Å². The third-order valence-corrected chi connectivity index (χ3v) is 3.21. The van der Waals surface area contributed by atoms with Gasteiger partial charge in [-0.05, 0) is 42.0 Å². The van der Waals surface area contributed by atoms with Crippen LogP contribution < -0.4 is 10.6 Å². The number of aromatic carboxylic acids is 2. The van der Waals surface area contributed by atoms with Gasteiger partial charge in [-0.3, -0.25) is 10.1 Å². The highest BCUT2D eigenvalue weighted by molar-refractivity contribution is 6.02. The van der Waals surface area contributed by atoms with Gasteiger partial charge in [0.25, 0.3) is 0 Å². The van der Waals surface area contributed by atoms with Gasteiger partial charge in [0.2, 0.25) is 5.91 Å². The van der Waals surface area contributed by atoms with Gasteiger partial charge in [0.15, 0.2) is 0 Å². The summed E-state index contributed by atoms with van der Waals surface area (Å²) < 4.78 is 0. The molecule has 3 amide bonds. The fourth-order valence-electron chi connectivity index (χ4n) is 1.98. The lowest BCUT2D eigenvalue weighted by Gasteiger charge is -2.07. The van der Waals surface area contributed by atoms with Crippen LogP contribution in [0.4, 0.5) is 10.5 Å². The van der Waals surface area contributed by atoms with E-state index in [0.29, 0.717) is 11.3 Å². The first kappa shape index (κ1) is 17.7. The Hall–Kier alpha value is -3.68. The predicted molar refractivity (Wildman–Crippen MR) is 87.7 cm³/mol. The normalized spacial score (nSPS) is 9.92. The molecule has 2 aromatic rings. The van der Waals surface area contributed by atoms with Gasteiger partial charge in [-0.25, -0.2) is 14.4 Å². The summed E-state index contributed by atoms with van der Waals surface area (Å²) in [6, 6.07) is 10.4. The Balaban J connectivity index is 1.88. The number of hydrogen-bond donors (Lipinski definition) is 4. The zero-order valence-electron chi connectivity index (χ0n) is 12.9. The Labute approximate surface area is 142 Å². The fraction of sp³-hybridized carbons (Fsp3) is 0.0588.